The molecular weight excluding hydrogens is 362 g/mol. The number of hydrogen-bond acceptors (Lipinski definition) is 3. The molecule has 0 spiro atoms. The third-order valence-corrected chi connectivity index (χ3v) is 4.03. The van der Waals surface area contributed by atoms with Crippen LogP contribution in [-0.2, 0) is 12.4 Å². The van der Waals surface area contributed by atoms with Crippen LogP contribution in [0.5, 0.6) is 5.75 Å². The largest absolute Gasteiger partial charge is 0.484 e. The van der Waals surface area contributed by atoms with Gasteiger partial charge < -0.3 is 15.8 Å². The molecule has 3 N–H and O–H groups in total. The van der Waals surface area contributed by atoms with Gasteiger partial charge in [-0.05, 0) is 23.8 Å². The van der Waals surface area contributed by atoms with Crippen molar-refractivity contribution in [2.45, 2.75) is 18.5 Å². The molecule has 1 heterocycles. The molecule has 9 heteroatoms. The first-order valence-corrected chi connectivity index (χ1v) is 7.63. The third kappa shape index (κ3) is 3.44. The molecule has 0 fully saturated rings. The fourth-order valence-corrected chi connectivity index (χ4v) is 2.77. The fourth-order valence-electron chi connectivity index (χ4n) is 2.77. The number of nitrogens with two attached hydrogens (primary N) is 1. The van der Waals surface area contributed by atoms with Gasteiger partial charge in [0.15, 0.2) is 5.75 Å². The number of rotatable bonds is 2. The standard InChI is InChI=1S/C17H14F6N2O/c18-16(19,20)9-4-5-11(13(6-9)17(21,22)23)12-2-1-3-14-15(12)26-10(7-24)8-25-14/h1-6,10,25H,7-8,24H2. The van der Waals surface area contributed by atoms with E-state index in [1.807, 2.05) is 0 Å². The van der Waals surface area contributed by atoms with Gasteiger partial charge in [-0.25, -0.2) is 0 Å². The number of fused-ring (bicyclic) bond motifs is 1. The Balaban J connectivity index is 2.19. The minimum atomic E-state index is -4.96. The van der Waals surface area contributed by atoms with Gasteiger partial charge in [0.2, 0.25) is 0 Å². The molecule has 0 radical (unpaired) electrons. The van der Waals surface area contributed by atoms with E-state index in [9.17, 15) is 26.3 Å². The molecule has 26 heavy (non-hydrogen) atoms. The molecule has 1 unspecified atom stereocenters. The summed E-state index contributed by atoms with van der Waals surface area (Å²) in [6.07, 6.45) is -10.3. The maximum Gasteiger partial charge on any atom is 0.417 e. The van der Waals surface area contributed by atoms with Crippen LogP contribution in [0.25, 0.3) is 11.1 Å². The summed E-state index contributed by atoms with van der Waals surface area (Å²) in [5.74, 6) is 0.138. The van der Waals surface area contributed by atoms with Gasteiger partial charge in [-0.3, -0.25) is 0 Å². The molecular formula is C17H14F6N2O. The van der Waals surface area contributed by atoms with E-state index in [4.69, 9.17) is 10.5 Å². The van der Waals surface area contributed by atoms with Gasteiger partial charge in [0.25, 0.3) is 0 Å². The molecule has 0 aromatic heterocycles. The average Bonchev–Trinajstić information content (AvgIpc) is 2.58. The minimum Gasteiger partial charge on any atom is -0.484 e. The lowest BCUT2D eigenvalue weighted by molar-refractivity contribution is -0.142. The van der Waals surface area contributed by atoms with Gasteiger partial charge >= 0.3 is 12.4 Å². The van der Waals surface area contributed by atoms with Gasteiger partial charge in [-0.1, -0.05) is 18.2 Å². The van der Waals surface area contributed by atoms with Crippen LogP contribution in [0, 0.1) is 0 Å². The van der Waals surface area contributed by atoms with Crippen LogP contribution in [0.2, 0.25) is 0 Å². The first kappa shape index (κ1) is 18.4. The predicted octanol–water partition coefficient (Wildman–Crippen LogP) is 4.52. The van der Waals surface area contributed by atoms with Crippen molar-refractivity contribution in [1.29, 1.82) is 0 Å². The molecule has 0 saturated heterocycles. The highest BCUT2D eigenvalue weighted by atomic mass is 19.4. The SMILES string of the molecule is NCC1CNc2cccc(-c3ccc(C(F)(F)F)cc3C(F)(F)F)c2O1. The Morgan fingerprint density at radius 1 is 1.00 bits per heavy atom. The lowest BCUT2D eigenvalue weighted by atomic mass is 9.95. The number of nitrogens with one attached hydrogen (secondary N) is 1. The predicted molar refractivity (Wildman–Crippen MR) is 83.8 cm³/mol. The normalized spacial score (nSPS) is 17.3. The molecule has 0 amide bonds. The third-order valence-electron chi connectivity index (χ3n) is 4.03. The maximum absolute atomic E-state index is 13.4. The van der Waals surface area contributed by atoms with Crippen LogP contribution < -0.4 is 15.8 Å². The van der Waals surface area contributed by atoms with Crippen LogP contribution in [0.4, 0.5) is 32.0 Å². The molecule has 0 aliphatic carbocycles. The van der Waals surface area contributed by atoms with Crippen molar-refractivity contribution in [3.8, 4) is 16.9 Å². The number of alkyl halides is 6. The van der Waals surface area contributed by atoms with Crippen molar-refractivity contribution in [3.05, 3.63) is 47.5 Å². The van der Waals surface area contributed by atoms with Gasteiger partial charge in [0.1, 0.15) is 6.10 Å². The first-order valence-electron chi connectivity index (χ1n) is 7.63. The van der Waals surface area contributed by atoms with Crippen molar-refractivity contribution >= 4 is 5.69 Å². The molecule has 0 bridgehead atoms. The molecule has 1 aliphatic rings. The van der Waals surface area contributed by atoms with E-state index in [1.165, 1.54) is 12.1 Å². The molecule has 1 aliphatic heterocycles. The van der Waals surface area contributed by atoms with Crippen molar-refractivity contribution < 1.29 is 31.1 Å². The Hall–Kier alpha value is -2.42. The van der Waals surface area contributed by atoms with Crippen LogP contribution in [0.3, 0.4) is 0 Å². The number of halogens is 6. The highest BCUT2D eigenvalue weighted by Gasteiger charge is 2.39. The van der Waals surface area contributed by atoms with E-state index in [2.05, 4.69) is 5.32 Å². The summed E-state index contributed by atoms with van der Waals surface area (Å²) in [5, 5.41) is 3.00. The topological polar surface area (TPSA) is 47.3 Å². The van der Waals surface area contributed by atoms with Crippen molar-refractivity contribution in [2.24, 2.45) is 5.73 Å². The summed E-state index contributed by atoms with van der Waals surface area (Å²) in [4.78, 5) is 0. The summed E-state index contributed by atoms with van der Waals surface area (Å²) in [6, 6.07) is 6.05. The Bertz CT molecular complexity index is 816. The van der Waals surface area contributed by atoms with Crippen molar-refractivity contribution in [3.63, 3.8) is 0 Å². The highest BCUT2D eigenvalue weighted by molar-refractivity contribution is 5.81. The van der Waals surface area contributed by atoms with Gasteiger partial charge in [0.05, 0.1) is 23.4 Å². The van der Waals surface area contributed by atoms with Crippen LogP contribution in [-0.4, -0.2) is 19.2 Å². The molecule has 140 valence electrons. The van der Waals surface area contributed by atoms with E-state index >= 15 is 0 Å². The summed E-state index contributed by atoms with van der Waals surface area (Å²) in [6.45, 7) is 0.520. The molecule has 3 nitrogen and oxygen atoms in total. The van der Waals surface area contributed by atoms with Gasteiger partial charge in [-0.15, -0.1) is 0 Å². The van der Waals surface area contributed by atoms with Crippen LogP contribution >= 0.6 is 0 Å². The maximum atomic E-state index is 13.4. The van der Waals surface area contributed by atoms with Gasteiger partial charge in [0, 0.05) is 12.1 Å². The second-order valence-corrected chi connectivity index (χ2v) is 5.79. The Morgan fingerprint density at radius 2 is 1.73 bits per heavy atom. The van der Waals surface area contributed by atoms with Crippen LogP contribution in [0.15, 0.2) is 36.4 Å². The number of ether oxygens (including phenoxy) is 1. The van der Waals surface area contributed by atoms with Gasteiger partial charge in [-0.2, -0.15) is 26.3 Å². The molecule has 2 aromatic rings. The van der Waals surface area contributed by atoms with E-state index in [0.29, 0.717) is 18.3 Å². The Kier molecular flexibility index (Phi) is 4.51. The zero-order chi connectivity index (χ0) is 19.1. The number of para-hydroxylation sites is 1. The number of hydrogen-bond donors (Lipinski definition) is 2. The Labute approximate surface area is 144 Å². The lowest BCUT2D eigenvalue weighted by Crippen LogP contribution is -2.37. The van der Waals surface area contributed by atoms with Crippen LogP contribution in [0.1, 0.15) is 11.1 Å². The van der Waals surface area contributed by atoms with E-state index in [0.717, 1.165) is 6.07 Å². The highest BCUT2D eigenvalue weighted by Crippen LogP contribution is 2.45. The zero-order valence-electron chi connectivity index (χ0n) is 13.2. The lowest BCUT2D eigenvalue weighted by Gasteiger charge is -2.29. The monoisotopic (exact) mass is 376 g/mol. The summed E-state index contributed by atoms with van der Waals surface area (Å²) in [5.41, 5.74) is 2.93. The first-order chi connectivity index (χ1) is 12.1. The van der Waals surface area contributed by atoms with Crippen molar-refractivity contribution in [2.75, 3.05) is 18.4 Å². The molecule has 2 aromatic carbocycles. The number of benzene rings is 2. The summed E-state index contributed by atoms with van der Waals surface area (Å²) < 4.78 is 84.5. The molecule has 3 rings (SSSR count). The van der Waals surface area contributed by atoms with E-state index < -0.39 is 29.6 Å². The Morgan fingerprint density at radius 3 is 2.35 bits per heavy atom. The quantitative estimate of drug-likeness (QED) is 0.758. The minimum absolute atomic E-state index is 0.0502. The smallest absolute Gasteiger partial charge is 0.417 e. The second kappa shape index (κ2) is 6.39. The van der Waals surface area contributed by atoms with Crippen molar-refractivity contribution in [1.82, 2.24) is 0 Å². The van der Waals surface area contributed by atoms with E-state index in [-0.39, 0.29) is 29.5 Å². The van der Waals surface area contributed by atoms with E-state index in [1.54, 1.807) is 6.07 Å². The molecule has 1 atom stereocenters. The summed E-state index contributed by atoms with van der Waals surface area (Å²) >= 11 is 0. The molecule has 0 saturated carbocycles. The average molecular weight is 376 g/mol. The zero-order valence-corrected chi connectivity index (χ0v) is 13.2. The number of anilines is 1. The summed E-state index contributed by atoms with van der Waals surface area (Å²) in [7, 11) is 0. The second-order valence-electron chi connectivity index (χ2n) is 5.79. The fraction of sp³-hybridized carbons (Fsp3) is 0.294.